The van der Waals surface area contributed by atoms with E-state index in [0.717, 1.165) is 31.8 Å². The van der Waals surface area contributed by atoms with E-state index >= 15 is 0 Å². The van der Waals surface area contributed by atoms with Crippen LogP contribution in [0.3, 0.4) is 0 Å². The highest BCUT2D eigenvalue weighted by Gasteiger charge is 2.36. The van der Waals surface area contributed by atoms with Crippen molar-refractivity contribution in [2.75, 3.05) is 29.5 Å². The van der Waals surface area contributed by atoms with Crippen molar-refractivity contribution < 1.29 is 17.6 Å². The maximum Gasteiger partial charge on any atom is 0.256 e. The van der Waals surface area contributed by atoms with Gasteiger partial charge in [-0.15, -0.1) is 0 Å². The average Bonchev–Trinajstić information content (AvgIpc) is 3.33. The zero-order chi connectivity index (χ0) is 20.4. The Morgan fingerprint density at radius 2 is 1.90 bits per heavy atom. The zero-order valence-corrected chi connectivity index (χ0v) is 17.8. The fourth-order valence-corrected chi connectivity index (χ4v) is 6.03. The molecule has 156 valence electrons. The third kappa shape index (κ3) is 4.61. The summed E-state index contributed by atoms with van der Waals surface area (Å²) in [4.78, 5) is 17.1. The molecule has 0 spiro atoms. The fourth-order valence-electron chi connectivity index (χ4n) is 4.08. The summed E-state index contributed by atoms with van der Waals surface area (Å²) in [6.45, 7) is 2.16. The lowest BCUT2D eigenvalue weighted by molar-refractivity contribution is 0.0666. The largest absolute Gasteiger partial charge is 0.444 e. The van der Waals surface area contributed by atoms with E-state index in [1.807, 2.05) is 12.1 Å². The number of piperidine rings is 1. The van der Waals surface area contributed by atoms with Crippen LogP contribution in [-0.4, -0.2) is 49.9 Å². The zero-order valence-electron chi connectivity index (χ0n) is 16.2. The van der Waals surface area contributed by atoms with Crippen molar-refractivity contribution in [1.82, 2.24) is 4.90 Å². The van der Waals surface area contributed by atoms with E-state index in [0.29, 0.717) is 22.8 Å². The van der Waals surface area contributed by atoms with E-state index in [4.69, 9.17) is 16.0 Å². The van der Waals surface area contributed by atoms with Crippen LogP contribution in [0.2, 0.25) is 5.02 Å². The molecular formula is C21H25ClN2O4S. The monoisotopic (exact) mass is 436 g/mol. The number of nitrogens with zero attached hydrogens (tertiary/aromatic N) is 2. The minimum atomic E-state index is -3.14. The van der Waals surface area contributed by atoms with Gasteiger partial charge in [-0.2, -0.15) is 0 Å². The van der Waals surface area contributed by atoms with Gasteiger partial charge in [0, 0.05) is 25.2 Å². The van der Waals surface area contributed by atoms with Crippen LogP contribution in [0.4, 0.5) is 5.88 Å². The molecule has 0 saturated carbocycles. The Bertz CT molecular complexity index is 982. The molecule has 2 saturated heterocycles. The highest BCUT2D eigenvalue weighted by molar-refractivity contribution is 7.91. The van der Waals surface area contributed by atoms with Crippen molar-refractivity contribution in [3.8, 4) is 0 Å². The van der Waals surface area contributed by atoms with Crippen LogP contribution >= 0.6 is 11.6 Å². The molecule has 2 aliphatic heterocycles. The first-order chi connectivity index (χ1) is 13.9. The summed E-state index contributed by atoms with van der Waals surface area (Å²) in [6, 6.07) is 10.3. The van der Waals surface area contributed by atoms with E-state index in [-0.39, 0.29) is 30.0 Å². The van der Waals surface area contributed by atoms with Crippen LogP contribution in [0.25, 0.3) is 0 Å². The number of carbonyl (C=O) groups is 1. The highest BCUT2D eigenvalue weighted by atomic mass is 35.5. The quantitative estimate of drug-likeness (QED) is 0.713. The predicted molar refractivity (Wildman–Crippen MR) is 113 cm³/mol. The Labute approximate surface area is 176 Å². The number of carbonyl (C=O) groups excluding carboxylic acids is 1. The van der Waals surface area contributed by atoms with Gasteiger partial charge < -0.3 is 14.2 Å². The van der Waals surface area contributed by atoms with Gasteiger partial charge in [-0.1, -0.05) is 23.7 Å². The molecule has 8 heteroatoms. The molecule has 2 fully saturated rings. The van der Waals surface area contributed by atoms with Gasteiger partial charge in [-0.05, 0) is 43.9 Å². The molecule has 2 aliphatic rings. The van der Waals surface area contributed by atoms with Crippen LogP contribution in [0.5, 0.6) is 0 Å². The summed E-state index contributed by atoms with van der Waals surface area (Å²) in [5.74, 6) is 1.26. The van der Waals surface area contributed by atoms with E-state index in [2.05, 4.69) is 4.90 Å². The minimum Gasteiger partial charge on any atom is -0.444 e. The first-order valence-electron chi connectivity index (χ1n) is 10.0. The number of halogens is 1. The fraction of sp³-hybridized carbons (Fsp3) is 0.476. The second kappa shape index (κ2) is 8.40. The first kappa shape index (κ1) is 20.3. The molecule has 0 N–H and O–H groups in total. The summed E-state index contributed by atoms with van der Waals surface area (Å²) < 4.78 is 30.1. The predicted octanol–water partition coefficient (Wildman–Crippen LogP) is 3.75. The van der Waals surface area contributed by atoms with Gasteiger partial charge in [0.2, 0.25) is 0 Å². The topological polar surface area (TPSA) is 70.8 Å². The number of amides is 1. The number of sulfone groups is 1. The average molecular weight is 437 g/mol. The van der Waals surface area contributed by atoms with Gasteiger partial charge in [-0.3, -0.25) is 4.79 Å². The molecular weight excluding hydrogens is 412 g/mol. The lowest BCUT2D eigenvalue weighted by Gasteiger charge is -2.28. The number of benzene rings is 1. The molecule has 6 nitrogen and oxygen atoms in total. The van der Waals surface area contributed by atoms with Crippen molar-refractivity contribution in [2.45, 2.75) is 38.3 Å². The van der Waals surface area contributed by atoms with Gasteiger partial charge in [-0.25, -0.2) is 8.42 Å². The van der Waals surface area contributed by atoms with Crippen molar-refractivity contribution in [3.63, 3.8) is 0 Å². The van der Waals surface area contributed by atoms with E-state index < -0.39 is 9.84 Å². The van der Waals surface area contributed by atoms with Crippen molar-refractivity contribution >= 4 is 33.2 Å². The molecule has 3 heterocycles. The van der Waals surface area contributed by atoms with Gasteiger partial charge in [0.25, 0.3) is 5.91 Å². The molecule has 2 aromatic rings. The maximum atomic E-state index is 13.3. The molecule has 1 unspecified atom stereocenters. The Balaban J connectivity index is 1.58. The molecule has 1 aromatic carbocycles. The van der Waals surface area contributed by atoms with Gasteiger partial charge >= 0.3 is 0 Å². The van der Waals surface area contributed by atoms with E-state index in [1.165, 1.54) is 6.42 Å². The lowest BCUT2D eigenvalue weighted by atomic mass is 10.1. The molecule has 0 aliphatic carbocycles. The highest BCUT2D eigenvalue weighted by Crippen LogP contribution is 2.28. The molecule has 1 amide bonds. The molecule has 0 radical (unpaired) electrons. The lowest BCUT2D eigenvalue weighted by Crippen LogP contribution is -2.40. The Morgan fingerprint density at radius 3 is 2.59 bits per heavy atom. The molecule has 29 heavy (non-hydrogen) atoms. The van der Waals surface area contributed by atoms with E-state index in [1.54, 1.807) is 29.2 Å². The standard InChI is InChI=1S/C21H25ClN2O4S/c22-19-7-3-2-6-18(19)21(25)24(16-10-13-29(26,27)15-16)14-17-8-9-20(28-17)23-11-4-1-5-12-23/h2-3,6-9,16H,1,4-5,10-15H2. The summed E-state index contributed by atoms with van der Waals surface area (Å²) in [6.07, 6.45) is 3.96. The minimum absolute atomic E-state index is 0.0249. The van der Waals surface area contributed by atoms with Crippen LogP contribution in [0.1, 0.15) is 41.8 Å². The Hall–Kier alpha value is -1.99. The summed E-state index contributed by atoms with van der Waals surface area (Å²) in [5, 5.41) is 0.358. The normalized spacial score (nSPS) is 21.3. The number of hydrogen-bond acceptors (Lipinski definition) is 5. The number of hydrogen-bond donors (Lipinski definition) is 0. The molecule has 1 atom stereocenters. The van der Waals surface area contributed by atoms with Gasteiger partial charge in [0.1, 0.15) is 5.76 Å². The van der Waals surface area contributed by atoms with Crippen LogP contribution < -0.4 is 4.90 Å². The summed E-state index contributed by atoms with van der Waals surface area (Å²) in [7, 11) is -3.14. The Kier molecular flexibility index (Phi) is 5.88. The van der Waals surface area contributed by atoms with Crippen LogP contribution in [0.15, 0.2) is 40.8 Å². The SMILES string of the molecule is O=C(c1ccccc1Cl)N(Cc1ccc(N2CCCCC2)o1)C1CCS(=O)(=O)C1. The number of anilines is 1. The Morgan fingerprint density at radius 1 is 1.14 bits per heavy atom. The van der Waals surface area contributed by atoms with Crippen molar-refractivity contribution in [3.05, 3.63) is 52.7 Å². The number of furan rings is 1. The smallest absolute Gasteiger partial charge is 0.256 e. The van der Waals surface area contributed by atoms with Crippen molar-refractivity contribution in [2.24, 2.45) is 0 Å². The van der Waals surface area contributed by atoms with E-state index in [9.17, 15) is 13.2 Å². The summed E-state index contributed by atoms with van der Waals surface area (Å²) in [5.41, 5.74) is 0.376. The second-order valence-electron chi connectivity index (χ2n) is 7.76. The van der Waals surface area contributed by atoms with Crippen LogP contribution in [-0.2, 0) is 16.4 Å². The first-order valence-corrected chi connectivity index (χ1v) is 12.2. The van der Waals surface area contributed by atoms with Crippen molar-refractivity contribution in [1.29, 1.82) is 0 Å². The third-order valence-electron chi connectivity index (χ3n) is 5.66. The molecule has 4 rings (SSSR count). The van der Waals surface area contributed by atoms with Crippen LogP contribution in [0, 0.1) is 0 Å². The number of rotatable bonds is 5. The maximum absolute atomic E-state index is 13.3. The summed E-state index contributed by atoms with van der Waals surface area (Å²) >= 11 is 6.24. The molecule has 1 aromatic heterocycles. The second-order valence-corrected chi connectivity index (χ2v) is 10.4. The third-order valence-corrected chi connectivity index (χ3v) is 7.74. The molecule has 0 bridgehead atoms. The van der Waals surface area contributed by atoms with Gasteiger partial charge in [0.05, 0.1) is 28.6 Å². The van der Waals surface area contributed by atoms with Gasteiger partial charge in [0.15, 0.2) is 15.7 Å².